The number of nitrogens with one attached hydrogen (secondary N) is 1. The monoisotopic (exact) mass is 246 g/mol. The number of nitrogens with zero attached hydrogens (tertiary/aromatic N) is 1. The summed E-state index contributed by atoms with van der Waals surface area (Å²) in [7, 11) is 0. The third-order valence-electron chi connectivity index (χ3n) is 3.91. The number of piperazine rings is 1. The molecule has 1 fully saturated rings. The third kappa shape index (κ3) is 3.33. The third-order valence-corrected chi connectivity index (χ3v) is 3.91. The summed E-state index contributed by atoms with van der Waals surface area (Å²) in [6, 6.07) is 10.8. The van der Waals surface area contributed by atoms with Gasteiger partial charge in [0.15, 0.2) is 0 Å². The highest BCUT2D eigenvalue weighted by atomic mass is 15.3. The summed E-state index contributed by atoms with van der Waals surface area (Å²) in [5.41, 5.74) is 1.88. The largest absolute Gasteiger partial charge is 0.309 e. The molecule has 1 aromatic carbocycles. The van der Waals surface area contributed by atoms with Crippen molar-refractivity contribution in [3.63, 3.8) is 0 Å². The molecule has 2 heteroatoms. The van der Waals surface area contributed by atoms with Crippen molar-refractivity contribution in [1.29, 1.82) is 0 Å². The van der Waals surface area contributed by atoms with Crippen molar-refractivity contribution in [2.75, 3.05) is 19.6 Å². The van der Waals surface area contributed by atoms with Gasteiger partial charge in [0.25, 0.3) is 0 Å². The molecule has 1 aliphatic rings. The molecule has 100 valence electrons. The summed E-state index contributed by atoms with van der Waals surface area (Å²) in [5.74, 6) is 0. The summed E-state index contributed by atoms with van der Waals surface area (Å²) in [6.07, 6.45) is 1.12. The van der Waals surface area contributed by atoms with Gasteiger partial charge in [-0.05, 0) is 39.7 Å². The Morgan fingerprint density at radius 2 is 1.89 bits per heavy atom. The molecule has 18 heavy (non-hydrogen) atoms. The molecule has 1 heterocycles. The SMILES string of the molecule is CC1(C)CN(C(C)(C)Cc2ccccc2)CCN1. The van der Waals surface area contributed by atoms with Crippen molar-refractivity contribution in [3.8, 4) is 0 Å². The molecule has 0 amide bonds. The smallest absolute Gasteiger partial charge is 0.0252 e. The molecule has 1 N–H and O–H groups in total. The lowest BCUT2D eigenvalue weighted by Crippen LogP contribution is -2.62. The lowest BCUT2D eigenvalue weighted by Gasteiger charge is -2.47. The molecule has 0 saturated carbocycles. The topological polar surface area (TPSA) is 15.3 Å². The summed E-state index contributed by atoms with van der Waals surface area (Å²) in [5, 5.41) is 3.58. The molecule has 0 aromatic heterocycles. The van der Waals surface area contributed by atoms with E-state index in [1.165, 1.54) is 5.56 Å². The summed E-state index contributed by atoms with van der Waals surface area (Å²) < 4.78 is 0. The first-order valence-corrected chi connectivity index (χ1v) is 6.93. The Hall–Kier alpha value is -0.860. The van der Waals surface area contributed by atoms with E-state index in [0.29, 0.717) is 0 Å². The molecule has 0 unspecified atom stereocenters. The maximum Gasteiger partial charge on any atom is 0.0252 e. The Morgan fingerprint density at radius 3 is 2.50 bits per heavy atom. The van der Waals surface area contributed by atoms with Crippen LogP contribution in [0.1, 0.15) is 33.3 Å². The van der Waals surface area contributed by atoms with Gasteiger partial charge >= 0.3 is 0 Å². The first kappa shape index (κ1) is 13.6. The van der Waals surface area contributed by atoms with E-state index in [0.717, 1.165) is 26.1 Å². The van der Waals surface area contributed by atoms with Crippen LogP contribution >= 0.6 is 0 Å². The lowest BCUT2D eigenvalue weighted by atomic mass is 9.89. The molecule has 1 aromatic rings. The average molecular weight is 246 g/mol. The highest BCUT2D eigenvalue weighted by molar-refractivity contribution is 5.17. The zero-order valence-corrected chi connectivity index (χ0v) is 12.2. The quantitative estimate of drug-likeness (QED) is 0.882. The van der Waals surface area contributed by atoms with E-state index in [1.54, 1.807) is 0 Å². The van der Waals surface area contributed by atoms with Crippen LogP contribution in [0, 0.1) is 0 Å². The highest BCUT2D eigenvalue weighted by Gasteiger charge is 2.34. The predicted molar refractivity (Wildman–Crippen MR) is 77.9 cm³/mol. The Bertz CT molecular complexity index is 381. The van der Waals surface area contributed by atoms with Crippen LogP contribution < -0.4 is 5.32 Å². The van der Waals surface area contributed by atoms with E-state index in [2.05, 4.69) is 68.2 Å². The first-order chi connectivity index (χ1) is 8.39. The summed E-state index contributed by atoms with van der Waals surface area (Å²) in [6.45, 7) is 12.7. The maximum absolute atomic E-state index is 3.58. The van der Waals surface area contributed by atoms with Crippen molar-refractivity contribution < 1.29 is 0 Å². The van der Waals surface area contributed by atoms with Crippen molar-refractivity contribution >= 4 is 0 Å². The highest BCUT2D eigenvalue weighted by Crippen LogP contribution is 2.24. The van der Waals surface area contributed by atoms with Crippen LogP contribution in [-0.2, 0) is 6.42 Å². The molecule has 0 atom stereocenters. The zero-order chi connectivity index (χ0) is 13.2. The van der Waals surface area contributed by atoms with Crippen LogP contribution in [0.4, 0.5) is 0 Å². The van der Waals surface area contributed by atoms with Crippen LogP contribution in [0.25, 0.3) is 0 Å². The first-order valence-electron chi connectivity index (χ1n) is 6.93. The minimum absolute atomic E-state index is 0.223. The minimum atomic E-state index is 0.223. The number of hydrogen-bond donors (Lipinski definition) is 1. The normalized spacial score (nSPS) is 20.9. The molecular formula is C16H26N2. The summed E-state index contributed by atoms with van der Waals surface area (Å²) >= 11 is 0. The van der Waals surface area contributed by atoms with E-state index in [4.69, 9.17) is 0 Å². The molecule has 1 aliphatic heterocycles. The number of rotatable bonds is 3. The van der Waals surface area contributed by atoms with Gasteiger partial charge in [0.2, 0.25) is 0 Å². The van der Waals surface area contributed by atoms with Gasteiger partial charge in [-0.3, -0.25) is 4.90 Å². The molecule has 0 aliphatic carbocycles. The number of benzene rings is 1. The Kier molecular flexibility index (Phi) is 3.79. The standard InChI is InChI=1S/C16H26N2/c1-15(2)13-18(11-10-17-15)16(3,4)12-14-8-6-5-7-9-14/h5-9,17H,10-13H2,1-4H3. The van der Waals surface area contributed by atoms with Crippen LogP contribution in [0.2, 0.25) is 0 Å². The molecule has 1 saturated heterocycles. The van der Waals surface area contributed by atoms with E-state index in [1.807, 2.05) is 0 Å². The fourth-order valence-corrected chi connectivity index (χ4v) is 2.87. The maximum atomic E-state index is 3.58. The molecular weight excluding hydrogens is 220 g/mol. The Labute approximate surface area is 111 Å². The van der Waals surface area contributed by atoms with Gasteiger partial charge in [0, 0.05) is 30.7 Å². The van der Waals surface area contributed by atoms with Gasteiger partial charge in [-0.1, -0.05) is 30.3 Å². The molecule has 0 radical (unpaired) electrons. The minimum Gasteiger partial charge on any atom is -0.309 e. The van der Waals surface area contributed by atoms with Crippen molar-refractivity contribution in [2.24, 2.45) is 0 Å². The predicted octanol–water partition coefficient (Wildman–Crippen LogP) is 2.69. The van der Waals surface area contributed by atoms with Gasteiger partial charge in [-0.15, -0.1) is 0 Å². The van der Waals surface area contributed by atoms with Gasteiger partial charge < -0.3 is 5.32 Å². The fourth-order valence-electron chi connectivity index (χ4n) is 2.87. The second kappa shape index (κ2) is 5.02. The van der Waals surface area contributed by atoms with Crippen LogP contribution in [0.15, 0.2) is 30.3 Å². The van der Waals surface area contributed by atoms with E-state index < -0.39 is 0 Å². The second-order valence-electron chi connectivity index (χ2n) is 6.71. The van der Waals surface area contributed by atoms with Gasteiger partial charge in [-0.2, -0.15) is 0 Å². The Morgan fingerprint density at radius 1 is 1.22 bits per heavy atom. The Balaban J connectivity index is 2.06. The van der Waals surface area contributed by atoms with Crippen LogP contribution in [0.5, 0.6) is 0 Å². The molecule has 0 spiro atoms. The van der Waals surface area contributed by atoms with Crippen molar-refractivity contribution in [2.45, 2.75) is 45.2 Å². The molecule has 2 nitrogen and oxygen atoms in total. The fraction of sp³-hybridized carbons (Fsp3) is 0.625. The van der Waals surface area contributed by atoms with E-state index in [-0.39, 0.29) is 11.1 Å². The second-order valence-corrected chi connectivity index (χ2v) is 6.71. The summed E-state index contributed by atoms with van der Waals surface area (Å²) in [4.78, 5) is 2.62. The van der Waals surface area contributed by atoms with Crippen LogP contribution in [-0.4, -0.2) is 35.6 Å². The molecule has 2 rings (SSSR count). The van der Waals surface area contributed by atoms with Crippen molar-refractivity contribution in [1.82, 2.24) is 10.2 Å². The average Bonchev–Trinajstić information content (AvgIpc) is 2.28. The van der Waals surface area contributed by atoms with Gasteiger partial charge in [0.05, 0.1) is 0 Å². The number of hydrogen-bond acceptors (Lipinski definition) is 2. The van der Waals surface area contributed by atoms with Gasteiger partial charge in [-0.25, -0.2) is 0 Å². The van der Waals surface area contributed by atoms with E-state index >= 15 is 0 Å². The zero-order valence-electron chi connectivity index (χ0n) is 12.2. The van der Waals surface area contributed by atoms with Crippen molar-refractivity contribution in [3.05, 3.63) is 35.9 Å². The lowest BCUT2D eigenvalue weighted by molar-refractivity contribution is 0.0578. The van der Waals surface area contributed by atoms with Gasteiger partial charge in [0.1, 0.15) is 0 Å². The molecule has 0 bridgehead atoms. The van der Waals surface area contributed by atoms with E-state index in [9.17, 15) is 0 Å². The van der Waals surface area contributed by atoms with Crippen LogP contribution in [0.3, 0.4) is 0 Å².